The van der Waals surface area contributed by atoms with Crippen molar-refractivity contribution in [1.82, 2.24) is 14.7 Å². The molecule has 3 heterocycles. The molecule has 3 rings (SSSR count). The molecule has 2 saturated heterocycles. The van der Waals surface area contributed by atoms with Crippen LogP contribution in [-0.4, -0.2) is 66.8 Å². The van der Waals surface area contributed by atoms with Crippen molar-refractivity contribution in [3.05, 3.63) is 23.7 Å². The average molecular weight is 333 g/mol. The van der Waals surface area contributed by atoms with E-state index in [0.29, 0.717) is 12.5 Å². The first-order chi connectivity index (χ1) is 11.3. The van der Waals surface area contributed by atoms with E-state index in [1.165, 1.54) is 0 Å². The molecule has 2 fully saturated rings. The number of nitrogens with zero attached hydrogens (tertiary/aromatic N) is 3. The average Bonchev–Trinajstić information content (AvgIpc) is 3.15. The first-order valence-corrected chi connectivity index (χ1v) is 8.59. The molecule has 1 aromatic heterocycles. The number of likely N-dealkylation sites (N-methyl/N-ethyl adjacent to an activating group) is 1. The third-order valence-corrected chi connectivity index (χ3v) is 5.52. The molecule has 0 aromatic carbocycles. The molecule has 0 bridgehead atoms. The summed E-state index contributed by atoms with van der Waals surface area (Å²) in [6.45, 7) is 7.35. The molecule has 132 valence electrons. The molecule has 2 amide bonds. The Morgan fingerprint density at radius 1 is 1.42 bits per heavy atom. The standard InChI is InChI=1S/C18H27N3O3/c1-13-9-20(10-15-6-5-14(2)24-15)12-18(13)7-8-21(17(18)23)11-16(22)19(3)4/h5-6,13H,7-12H2,1-4H3/t13-,18-/m0/s1. The lowest BCUT2D eigenvalue weighted by Crippen LogP contribution is -2.43. The van der Waals surface area contributed by atoms with Gasteiger partial charge in [0.05, 0.1) is 18.5 Å². The number of hydrogen-bond acceptors (Lipinski definition) is 4. The molecule has 2 atom stereocenters. The predicted octanol–water partition coefficient (Wildman–Crippen LogP) is 1.35. The summed E-state index contributed by atoms with van der Waals surface area (Å²) >= 11 is 0. The van der Waals surface area contributed by atoms with Gasteiger partial charge in [-0.2, -0.15) is 0 Å². The summed E-state index contributed by atoms with van der Waals surface area (Å²) in [6, 6.07) is 3.98. The van der Waals surface area contributed by atoms with Gasteiger partial charge in [0.25, 0.3) is 0 Å². The molecule has 0 aliphatic carbocycles. The van der Waals surface area contributed by atoms with Gasteiger partial charge in [-0.05, 0) is 31.4 Å². The number of rotatable bonds is 4. The summed E-state index contributed by atoms with van der Waals surface area (Å²) in [7, 11) is 3.45. The molecule has 0 radical (unpaired) electrons. The maximum atomic E-state index is 13.0. The highest BCUT2D eigenvalue weighted by molar-refractivity contribution is 5.90. The summed E-state index contributed by atoms with van der Waals surface area (Å²) in [5.41, 5.74) is -0.339. The van der Waals surface area contributed by atoms with E-state index in [2.05, 4.69) is 11.8 Å². The topological polar surface area (TPSA) is 57.0 Å². The lowest BCUT2D eigenvalue weighted by molar-refractivity contribution is -0.142. The number of amides is 2. The molecule has 0 unspecified atom stereocenters. The lowest BCUT2D eigenvalue weighted by Gasteiger charge is -2.27. The van der Waals surface area contributed by atoms with Crippen LogP contribution in [0.1, 0.15) is 24.9 Å². The summed E-state index contributed by atoms with van der Waals surface area (Å²) in [4.78, 5) is 30.5. The molecule has 0 saturated carbocycles. The Morgan fingerprint density at radius 2 is 2.17 bits per heavy atom. The van der Waals surface area contributed by atoms with E-state index in [9.17, 15) is 9.59 Å². The van der Waals surface area contributed by atoms with Gasteiger partial charge >= 0.3 is 0 Å². The van der Waals surface area contributed by atoms with Crippen LogP contribution >= 0.6 is 0 Å². The second kappa shape index (κ2) is 6.24. The van der Waals surface area contributed by atoms with Gasteiger partial charge in [-0.3, -0.25) is 14.5 Å². The molecule has 1 spiro atoms. The quantitative estimate of drug-likeness (QED) is 0.834. The van der Waals surface area contributed by atoms with E-state index < -0.39 is 0 Å². The van der Waals surface area contributed by atoms with E-state index in [0.717, 1.165) is 37.6 Å². The van der Waals surface area contributed by atoms with Crippen molar-refractivity contribution in [3.63, 3.8) is 0 Å². The number of furan rings is 1. The van der Waals surface area contributed by atoms with Gasteiger partial charge in [0.15, 0.2) is 0 Å². The van der Waals surface area contributed by atoms with E-state index in [1.54, 1.807) is 23.9 Å². The number of carbonyl (C=O) groups is 2. The Bertz CT molecular complexity index is 639. The first-order valence-electron chi connectivity index (χ1n) is 8.59. The Hall–Kier alpha value is -1.82. The molecular formula is C18H27N3O3. The summed E-state index contributed by atoms with van der Waals surface area (Å²) in [5.74, 6) is 2.27. The van der Waals surface area contributed by atoms with Crippen LogP contribution in [-0.2, 0) is 16.1 Å². The smallest absolute Gasteiger partial charge is 0.241 e. The monoisotopic (exact) mass is 333 g/mol. The first kappa shape index (κ1) is 17.0. The highest BCUT2D eigenvalue weighted by atomic mass is 16.3. The Balaban J connectivity index is 1.67. The van der Waals surface area contributed by atoms with Gasteiger partial charge < -0.3 is 14.2 Å². The van der Waals surface area contributed by atoms with Gasteiger partial charge in [-0.25, -0.2) is 0 Å². The Labute approximate surface area is 143 Å². The molecule has 1 aromatic rings. The van der Waals surface area contributed by atoms with Gasteiger partial charge in [-0.15, -0.1) is 0 Å². The Kier molecular flexibility index (Phi) is 4.42. The van der Waals surface area contributed by atoms with Crippen molar-refractivity contribution < 1.29 is 14.0 Å². The second-order valence-electron chi connectivity index (χ2n) is 7.50. The van der Waals surface area contributed by atoms with Crippen LogP contribution in [0.3, 0.4) is 0 Å². The largest absolute Gasteiger partial charge is 0.465 e. The molecular weight excluding hydrogens is 306 g/mol. The van der Waals surface area contributed by atoms with Gasteiger partial charge in [0.2, 0.25) is 11.8 Å². The van der Waals surface area contributed by atoms with Crippen LogP contribution in [0.15, 0.2) is 16.5 Å². The zero-order valence-electron chi connectivity index (χ0n) is 15.0. The molecule has 24 heavy (non-hydrogen) atoms. The molecule has 0 N–H and O–H groups in total. The fraction of sp³-hybridized carbons (Fsp3) is 0.667. The maximum absolute atomic E-state index is 13.0. The van der Waals surface area contributed by atoms with E-state index in [4.69, 9.17) is 4.42 Å². The van der Waals surface area contributed by atoms with Crippen molar-refractivity contribution in [1.29, 1.82) is 0 Å². The van der Waals surface area contributed by atoms with Crippen LogP contribution < -0.4 is 0 Å². The number of likely N-dealkylation sites (tertiary alicyclic amines) is 2. The van der Waals surface area contributed by atoms with Crippen LogP contribution in [0.25, 0.3) is 0 Å². The van der Waals surface area contributed by atoms with Crippen molar-refractivity contribution >= 4 is 11.8 Å². The minimum Gasteiger partial charge on any atom is -0.465 e. The number of carbonyl (C=O) groups excluding carboxylic acids is 2. The minimum atomic E-state index is -0.339. The van der Waals surface area contributed by atoms with Crippen molar-refractivity contribution in [3.8, 4) is 0 Å². The maximum Gasteiger partial charge on any atom is 0.241 e. The van der Waals surface area contributed by atoms with E-state index >= 15 is 0 Å². The molecule has 2 aliphatic rings. The third kappa shape index (κ3) is 2.95. The third-order valence-electron chi connectivity index (χ3n) is 5.52. The van der Waals surface area contributed by atoms with Gasteiger partial charge in [-0.1, -0.05) is 6.92 Å². The number of aryl methyl sites for hydroxylation is 1. The zero-order chi connectivity index (χ0) is 17.5. The number of hydrogen-bond donors (Lipinski definition) is 0. The normalized spacial score (nSPS) is 27.4. The van der Waals surface area contributed by atoms with Crippen LogP contribution in [0, 0.1) is 18.3 Å². The molecule has 2 aliphatic heterocycles. The van der Waals surface area contributed by atoms with Gasteiger partial charge in [0.1, 0.15) is 11.5 Å². The van der Waals surface area contributed by atoms with Crippen molar-refractivity contribution in [2.75, 3.05) is 40.3 Å². The van der Waals surface area contributed by atoms with Crippen LogP contribution in [0.4, 0.5) is 0 Å². The summed E-state index contributed by atoms with van der Waals surface area (Å²) in [5, 5.41) is 0. The second-order valence-corrected chi connectivity index (χ2v) is 7.50. The lowest BCUT2D eigenvalue weighted by atomic mass is 9.78. The molecule has 6 nitrogen and oxygen atoms in total. The fourth-order valence-corrected chi connectivity index (χ4v) is 4.01. The van der Waals surface area contributed by atoms with Crippen molar-refractivity contribution in [2.45, 2.75) is 26.8 Å². The van der Waals surface area contributed by atoms with Crippen LogP contribution in [0.5, 0.6) is 0 Å². The summed E-state index contributed by atoms with van der Waals surface area (Å²) < 4.78 is 5.67. The zero-order valence-corrected chi connectivity index (χ0v) is 15.0. The fourth-order valence-electron chi connectivity index (χ4n) is 4.01. The highest BCUT2D eigenvalue weighted by Gasteiger charge is 2.55. The van der Waals surface area contributed by atoms with Crippen molar-refractivity contribution in [2.24, 2.45) is 11.3 Å². The highest BCUT2D eigenvalue weighted by Crippen LogP contribution is 2.45. The SMILES string of the molecule is Cc1ccc(CN2C[C@H](C)[C@]3(CCN(CC(=O)N(C)C)C3=O)C2)o1. The minimum absolute atomic E-state index is 0.0195. The molecule has 6 heteroatoms. The Morgan fingerprint density at radius 3 is 2.79 bits per heavy atom. The summed E-state index contributed by atoms with van der Waals surface area (Å²) in [6.07, 6.45) is 0.835. The van der Waals surface area contributed by atoms with E-state index in [-0.39, 0.29) is 23.8 Å². The van der Waals surface area contributed by atoms with Crippen LogP contribution in [0.2, 0.25) is 0 Å². The van der Waals surface area contributed by atoms with Gasteiger partial charge in [0, 0.05) is 33.7 Å². The predicted molar refractivity (Wildman–Crippen MR) is 90.2 cm³/mol. The van der Waals surface area contributed by atoms with E-state index in [1.807, 2.05) is 19.1 Å².